The summed E-state index contributed by atoms with van der Waals surface area (Å²) in [7, 11) is 0. The molecule has 2 N–H and O–H groups in total. The quantitative estimate of drug-likeness (QED) is 0.162. The number of nitrogens with two attached hydrogens (primary N) is 1. The molecule has 1 atom stereocenters. The summed E-state index contributed by atoms with van der Waals surface area (Å²) >= 11 is 0. The summed E-state index contributed by atoms with van der Waals surface area (Å²) in [6.07, 6.45) is 28.8. The van der Waals surface area contributed by atoms with E-state index in [4.69, 9.17) is 5.73 Å². The van der Waals surface area contributed by atoms with Gasteiger partial charge < -0.3 is 5.73 Å². The fourth-order valence-corrected chi connectivity index (χ4v) is 5.63. The molecule has 1 unspecified atom stereocenters. The molecule has 0 saturated heterocycles. The van der Waals surface area contributed by atoms with Crippen LogP contribution < -0.4 is 5.73 Å². The first-order chi connectivity index (χ1) is 16.2. The highest BCUT2D eigenvalue weighted by atomic mass is 14.7. The minimum Gasteiger partial charge on any atom is -0.323 e. The monoisotopic (exact) mass is 457 g/mol. The molecule has 0 fully saturated rings. The lowest BCUT2D eigenvalue weighted by Crippen LogP contribution is -2.35. The second-order valence-corrected chi connectivity index (χ2v) is 10.8. The standard InChI is InChI=1S/C32H59N/c1-4-7-10-13-16-22-27-32(28-23-17-14-11-8-5-2,29-24-18-15-12-9-6-3)31(33)30-25-20-19-21-26-30/h19-21,25-26,31H,4-18,22-24,27-29,33H2,1-3H3. The number of hydrogen-bond acceptors (Lipinski definition) is 1. The summed E-state index contributed by atoms with van der Waals surface area (Å²) in [5.74, 6) is 0. The molecule has 1 heteroatoms. The summed E-state index contributed by atoms with van der Waals surface area (Å²) in [5, 5.41) is 0. The third-order valence-electron chi connectivity index (χ3n) is 7.90. The van der Waals surface area contributed by atoms with Crippen LogP contribution in [0.2, 0.25) is 0 Å². The molecule has 1 aromatic carbocycles. The van der Waals surface area contributed by atoms with E-state index >= 15 is 0 Å². The van der Waals surface area contributed by atoms with Crippen LogP contribution in [0.1, 0.15) is 167 Å². The molecule has 1 rings (SSSR count). The topological polar surface area (TPSA) is 26.0 Å². The van der Waals surface area contributed by atoms with Gasteiger partial charge in [0.25, 0.3) is 0 Å². The number of hydrogen-bond donors (Lipinski definition) is 1. The van der Waals surface area contributed by atoms with E-state index < -0.39 is 0 Å². The molecule has 0 bridgehead atoms. The maximum absolute atomic E-state index is 7.16. The van der Waals surface area contributed by atoms with E-state index in [1.54, 1.807) is 0 Å². The Bertz CT molecular complexity index is 482. The third-order valence-corrected chi connectivity index (χ3v) is 7.90. The normalized spacial score (nSPS) is 12.8. The molecule has 0 aliphatic carbocycles. The lowest BCUT2D eigenvalue weighted by molar-refractivity contribution is 0.149. The second-order valence-electron chi connectivity index (χ2n) is 10.8. The smallest absolute Gasteiger partial charge is 0.0352 e. The maximum Gasteiger partial charge on any atom is 0.0352 e. The van der Waals surface area contributed by atoms with Gasteiger partial charge in [0.15, 0.2) is 0 Å². The molecule has 0 aliphatic heterocycles. The SMILES string of the molecule is CCCCCCCCC(CCCCCCCC)(CCCCCCCC)C(N)c1ccccc1. The summed E-state index contributed by atoms with van der Waals surface area (Å²) in [6, 6.07) is 11.2. The molecule has 1 aromatic rings. The van der Waals surface area contributed by atoms with E-state index in [0.717, 1.165) is 0 Å². The zero-order chi connectivity index (χ0) is 24.0. The molecule has 0 radical (unpaired) electrons. The van der Waals surface area contributed by atoms with E-state index in [0.29, 0.717) is 0 Å². The summed E-state index contributed by atoms with van der Waals surface area (Å²) in [6.45, 7) is 6.93. The third kappa shape index (κ3) is 13.6. The van der Waals surface area contributed by atoms with E-state index in [9.17, 15) is 0 Å². The van der Waals surface area contributed by atoms with Gasteiger partial charge in [-0.1, -0.05) is 167 Å². The van der Waals surface area contributed by atoms with Crippen LogP contribution in [0.5, 0.6) is 0 Å². The van der Waals surface area contributed by atoms with Crippen molar-refractivity contribution in [2.45, 2.75) is 162 Å². The Morgan fingerprint density at radius 1 is 0.515 bits per heavy atom. The first-order valence-corrected chi connectivity index (χ1v) is 15.0. The minimum atomic E-state index is 0.181. The largest absolute Gasteiger partial charge is 0.323 e. The van der Waals surface area contributed by atoms with Crippen molar-refractivity contribution >= 4 is 0 Å². The van der Waals surface area contributed by atoms with Gasteiger partial charge in [-0.05, 0) is 30.2 Å². The van der Waals surface area contributed by atoms with Crippen LogP contribution in [-0.2, 0) is 0 Å². The van der Waals surface area contributed by atoms with E-state index in [-0.39, 0.29) is 11.5 Å². The fraction of sp³-hybridized carbons (Fsp3) is 0.812. The van der Waals surface area contributed by atoms with Crippen molar-refractivity contribution in [3.63, 3.8) is 0 Å². The van der Waals surface area contributed by atoms with Crippen molar-refractivity contribution in [2.24, 2.45) is 11.1 Å². The number of unbranched alkanes of at least 4 members (excludes halogenated alkanes) is 15. The van der Waals surface area contributed by atoms with Crippen molar-refractivity contribution < 1.29 is 0 Å². The van der Waals surface area contributed by atoms with Crippen molar-refractivity contribution in [3.8, 4) is 0 Å². The van der Waals surface area contributed by atoms with E-state index in [1.165, 1.54) is 140 Å². The molecule has 0 aromatic heterocycles. The zero-order valence-corrected chi connectivity index (χ0v) is 22.9. The van der Waals surface area contributed by atoms with Crippen LogP contribution in [0.3, 0.4) is 0 Å². The predicted octanol–water partition coefficient (Wildman–Crippen LogP) is 10.9. The average Bonchev–Trinajstić information content (AvgIpc) is 2.85. The van der Waals surface area contributed by atoms with E-state index in [1.807, 2.05) is 0 Å². The van der Waals surface area contributed by atoms with Gasteiger partial charge in [-0.2, -0.15) is 0 Å². The van der Waals surface area contributed by atoms with Gasteiger partial charge in [-0.25, -0.2) is 0 Å². The Morgan fingerprint density at radius 2 is 0.848 bits per heavy atom. The lowest BCUT2D eigenvalue weighted by Gasteiger charge is -2.40. The zero-order valence-electron chi connectivity index (χ0n) is 22.9. The Kier molecular flexibility index (Phi) is 18.8. The molecule has 192 valence electrons. The van der Waals surface area contributed by atoms with Gasteiger partial charge in [0, 0.05) is 6.04 Å². The van der Waals surface area contributed by atoms with Crippen LogP contribution in [0.4, 0.5) is 0 Å². The number of benzene rings is 1. The van der Waals surface area contributed by atoms with Crippen molar-refractivity contribution in [2.75, 3.05) is 0 Å². The van der Waals surface area contributed by atoms with Crippen molar-refractivity contribution in [1.82, 2.24) is 0 Å². The highest BCUT2D eigenvalue weighted by Crippen LogP contribution is 2.46. The lowest BCUT2D eigenvalue weighted by atomic mass is 9.67. The van der Waals surface area contributed by atoms with Gasteiger partial charge in [0.2, 0.25) is 0 Å². The molecular weight excluding hydrogens is 398 g/mol. The molecule has 0 aliphatic rings. The maximum atomic E-state index is 7.16. The van der Waals surface area contributed by atoms with Crippen LogP contribution in [0.25, 0.3) is 0 Å². The molecule has 1 nitrogen and oxygen atoms in total. The van der Waals surface area contributed by atoms with Gasteiger partial charge in [-0.15, -0.1) is 0 Å². The molecule has 0 spiro atoms. The Hall–Kier alpha value is -0.820. The van der Waals surface area contributed by atoms with Crippen LogP contribution in [0, 0.1) is 5.41 Å². The van der Waals surface area contributed by atoms with Crippen molar-refractivity contribution in [3.05, 3.63) is 35.9 Å². The summed E-state index contributed by atoms with van der Waals surface area (Å²) in [5.41, 5.74) is 8.80. The first-order valence-electron chi connectivity index (χ1n) is 15.0. The van der Waals surface area contributed by atoms with Crippen LogP contribution in [-0.4, -0.2) is 0 Å². The highest BCUT2D eigenvalue weighted by Gasteiger charge is 2.36. The second kappa shape index (κ2) is 20.5. The first kappa shape index (κ1) is 30.2. The fourth-order valence-electron chi connectivity index (χ4n) is 5.63. The van der Waals surface area contributed by atoms with Gasteiger partial charge in [0.1, 0.15) is 0 Å². The summed E-state index contributed by atoms with van der Waals surface area (Å²) < 4.78 is 0. The molecule has 33 heavy (non-hydrogen) atoms. The van der Waals surface area contributed by atoms with Crippen LogP contribution >= 0.6 is 0 Å². The highest BCUT2D eigenvalue weighted by molar-refractivity contribution is 5.21. The number of rotatable bonds is 23. The average molecular weight is 458 g/mol. The molecule has 0 saturated carbocycles. The van der Waals surface area contributed by atoms with Gasteiger partial charge >= 0.3 is 0 Å². The molecule has 0 heterocycles. The minimum absolute atomic E-state index is 0.181. The molecular formula is C32H59N. The molecule has 0 amide bonds. The van der Waals surface area contributed by atoms with Gasteiger partial charge in [0.05, 0.1) is 0 Å². The van der Waals surface area contributed by atoms with Gasteiger partial charge in [-0.3, -0.25) is 0 Å². The summed E-state index contributed by atoms with van der Waals surface area (Å²) in [4.78, 5) is 0. The Morgan fingerprint density at radius 3 is 1.21 bits per heavy atom. The Balaban J connectivity index is 2.82. The van der Waals surface area contributed by atoms with Crippen molar-refractivity contribution in [1.29, 1.82) is 0 Å². The predicted molar refractivity (Wildman–Crippen MR) is 150 cm³/mol. The Labute approximate surface area is 208 Å². The van der Waals surface area contributed by atoms with Crippen LogP contribution in [0.15, 0.2) is 30.3 Å². The van der Waals surface area contributed by atoms with E-state index in [2.05, 4.69) is 51.1 Å².